The lowest BCUT2D eigenvalue weighted by atomic mass is 10.1. The van der Waals surface area contributed by atoms with E-state index in [1.54, 1.807) is 11.3 Å². The minimum absolute atomic E-state index is 0.818. The number of hydrogen-bond acceptors (Lipinski definition) is 1. The highest BCUT2D eigenvalue weighted by Crippen LogP contribution is 2.34. The van der Waals surface area contributed by atoms with Gasteiger partial charge in [0.2, 0.25) is 0 Å². The van der Waals surface area contributed by atoms with Gasteiger partial charge in [-0.3, -0.25) is 0 Å². The number of fused-ring (bicyclic) bond motifs is 1. The zero-order chi connectivity index (χ0) is 9.42. The van der Waals surface area contributed by atoms with Gasteiger partial charge in [0, 0.05) is 5.33 Å². The van der Waals surface area contributed by atoms with Gasteiger partial charge in [-0.25, -0.2) is 0 Å². The Morgan fingerprint density at radius 2 is 2.23 bits per heavy atom. The highest BCUT2D eigenvalue weighted by molar-refractivity contribution is 9.08. The van der Waals surface area contributed by atoms with E-state index in [4.69, 9.17) is 11.6 Å². The van der Waals surface area contributed by atoms with Crippen LogP contribution in [0.25, 0.3) is 10.1 Å². The van der Waals surface area contributed by atoms with Crippen molar-refractivity contribution in [1.82, 2.24) is 0 Å². The van der Waals surface area contributed by atoms with Crippen LogP contribution in [0.3, 0.4) is 0 Å². The Morgan fingerprint density at radius 3 is 2.92 bits per heavy atom. The van der Waals surface area contributed by atoms with Crippen LogP contribution in [0.2, 0.25) is 5.02 Å². The zero-order valence-corrected chi connectivity index (χ0v) is 10.3. The third-order valence-corrected chi connectivity index (χ3v) is 4.38. The highest BCUT2D eigenvalue weighted by Gasteiger charge is 2.07. The summed E-state index contributed by atoms with van der Waals surface area (Å²) in [6, 6.07) is 4.22. The molecule has 2 aromatic rings. The summed E-state index contributed by atoms with van der Waals surface area (Å²) in [6.45, 7) is 2.11. The van der Waals surface area contributed by atoms with Crippen molar-refractivity contribution >= 4 is 49.0 Å². The number of hydrogen-bond donors (Lipinski definition) is 0. The van der Waals surface area contributed by atoms with E-state index in [0.717, 1.165) is 15.9 Å². The summed E-state index contributed by atoms with van der Waals surface area (Å²) in [5.41, 5.74) is 2.47. The fourth-order valence-corrected chi connectivity index (χ4v) is 3.34. The molecule has 0 nitrogen and oxygen atoms in total. The number of halogens is 2. The molecule has 0 saturated heterocycles. The van der Waals surface area contributed by atoms with Gasteiger partial charge in [-0.05, 0) is 28.8 Å². The lowest BCUT2D eigenvalue weighted by Crippen LogP contribution is -1.79. The molecule has 0 spiro atoms. The smallest absolute Gasteiger partial charge is 0.0624 e. The summed E-state index contributed by atoms with van der Waals surface area (Å²) in [4.78, 5) is 0. The van der Waals surface area contributed by atoms with Crippen LogP contribution in [0, 0.1) is 6.92 Å². The Labute approximate surface area is 94.7 Å². The van der Waals surface area contributed by atoms with Crippen molar-refractivity contribution in [3.8, 4) is 0 Å². The Balaban J connectivity index is 2.80. The maximum atomic E-state index is 6.24. The zero-order valence-electron chi connectivity index (χ0n) is 7.10. The fraction of sp³-hybridized carbons (Fsp3) is 0.200. The van der Waals surface area contributed by atoms with Gasteiger partial charge in [0.15, 0.2) is 0 Å². The first-order valence-corrected chi connectivity index (χ1v) is 6.33. The average Bonchev–Trinajstić information content (AvgIpc) is 2.50. The van der Waals surface area contributed by atoms with Crippen molar-refractivity contribution in [3.63, 3.8) is 0 Å². The Kier molecular flexibility index (Phi) is 2.63. The molecule has 1 heterocycles. The molecule has 1 aromatic heterocycles. The fourth-order valence-electron chi connectivity index (χ4n) is 1.34. The molecule has 0 atom stereocenters. The van der Waals surface area contributed by atoms with Gasteiger partial charge >= 0.3 is 0 Å². The van der Waals surface area contributed by atoms with Crippen LogP contribution in [-0.4, -0.2) is 0 Å². The third-order valence-electron chi connectivity index (χ3n) is 2.10. The second-order valence-corrected chi connectivity index (χ2v) is 4.79. The van der Waals surface area contributed by atoms with E-state index >= 15 is 0 Å². The van der Waals surface area contributed by atoms with E-state index in [-0.39, 0.29) is 0 Å². The van der Waals surface area contributed by atoms with Gasteiger partial charge in [0.25, 0.3) is 0 Å². The van der Waals surface area contributed by atoms with Crippen molar-refractivity contribution in [3.05, 3.63) is 33.7 Å². The van der Waals surface area contributed by atoms with Crippen LogP contribution in [0.4, 0.5) is 0 Å². The molecule has 68 valence electrons. The van der Waals surface area contributed by atoms with E-state index in [0.29, 0.717) is 0 Å². The normalized spacial score (nSPS) is 11.0. The van der Waals surface area contributed by atoms with E-state index < -0.39 is 0 Å². The molecule has 3 heteroatoms. The maximum Gasteiger partial charge on any atom is 0.0624 e. The Morgan fingerprint density at radius 1 is 1.46 bits per heavy atom. The largest absolute Gasteiger partial charge is 0.142 e. The highest BCUT2D eigenvalue weighted by atomic mass is 79.9. The summed E-state index contributed by atoms with van der Waals surface area (Å²) in [5, 5.41) is 5.14. The summed E-state index contributed by atoms with van der Waals surface area (Å²) in [7, 11) is 0. The lowest BCUT2D eigenvalue weighted by Gasteiger charge is -2.00. The summed E-state index contributed by atoms with van der Waals surface area (Å²) < 4.78 is 1.20. The van der Waals surface area contributed by atoms with Crippen molar-refractivity contribution < 1.29 is 0 Å². The minimum Gasteiger partial charge on any atom is -0.142 e. The molecule has 1 aromatic carbocycles. The van der Waals surface area contributed by atoms with Crippen molar-refractivity contribution in [1.29, 1.82) is 0 Å². The quantitative estimate of drug-likeness (QED) is 0.658. The van der Waals surface area contributed by atoms with Crippen LogP contribution < -0.4 is 0 Å². The van der Waals surface area contributed by atoms with Crippen LogP contribution in [0.15, 0.2) is 17.5 Å². The lowest BCUT2D eigenvalue weighted by molar-refractivity contribution is 1.47. The van der Waals surface area contributed by atoms with Crippen LogP contribution >= 0.6 is 38.9 Å². The predicted molar refractivity (Wildman–Crippen MR) is 64.2 cm³/mol. The van der Waals surface area contributed by atoms with E-state index in [2.05, 4.69) is 40.4 Å². The molecule has 0 aliphatic heterocycles. The molecule has 0 aliphatic rings. The molecule has 0 amide bonds. The molecule has 0 unspecified atom stereocenters. The summed E-state index contributed by atoms with van der Waals surface area (Å²) in [5.74, 6) is 0. The van der Waals surface area contributed by atoms with Gasteiger partial charge in [0.05, 0.1) is 9.72 Å². The molecule has 0 fully saturated rings. The van der Waals surface area contributed by atoms with Crippen LogP contribution in [0.1, 0.15) is 11.1 Å². The number of rotatable bonds is 1. The van der Waals surface area contributed by atoms with Crippen LogP contribution in [-0.2, 0) is 5.33 Å². The first-order chi connectivity index (χ1) is 6.24. The van der Waals surface area contributed by atoms with Crippen molar-refractivity contribution in [2.75, 3.05) is 0 Å². The first-order valence-electron chi connectivity index (χ1n) is 3.95. The molecule has 0 bridgehead atoms. The topological polar surface area (TPSA) is 0 Å². The van der Waals surface area contributed by atoms with Crippen molar-refractivity contribution in [2.45, 2.75) is 12.3 Å². The molecule has 0 radical (unpaired) electrons. The molecule has 0 aliphatic carbocycles. The minimum atomic E-state index is 0.818. The second kappa shape index (κ2) is 3.60. The number of aryl methyl sites for hydroxylation is 1. The standard InChI is InChI=1S/C10H8BrClS/c1-6-5-13-10-8(6)3-2-7(4-11)9(10)12/h2-3,5H,4H2,1H3. The van der Waals surface area contributed by atoms with E-state index in [9.17, 15) is 0 Å². The van der Waals surface area contributed by atoms with Gasteiger partial charge in [0.1, 0.15) is 0 Å². The molecule has 0 N–H and O–H groups in total. The van der Waals surface area contributed by atoms with Gasteiger partial charge in [-0.1, -0.05) is 39.7 Å². The van der Waals surface area contributed by atoms with Gasteiger partial charge in [-0.2, -0.15) is 0 Å². The van der Waals surface area contributed by atoms with Crippen molar-refractivity contribution in [2.24, 2.45) is 0 Å². The predicted octanol–water partition coefficient (Wildman–Crippen LogP) is 4.76. The monoisotopic (exact) mass is 274 g/mol. The van der Waals surface area contributed by atoms with E-state index in [1.807, 2.05) is 0 Å². The molecular formula is C10H8BrClS. The summed E-state index contributed by atoms with van der Waals surface area (Å²) in [6.07, 6.45) is 0. The average molecular weight is 276 g/mol. The second-order valence-electron chi connectivity index (χ2n) is 2.97. The summed E-state index contributed by atoms with van der Waals surface area (Å²) >= 11 is 11.4. The number of thiophene rings is 1. The molecular weight excluding hydrogens is 268 g/mol. The Hall–Kier alpha value is -0.0500. The maximum absolute atomic E-state index is 6.24. The SMILES string of the molecule is Cc1csc2c(Cl)c(CBr)ccc12. The Bertz CT molecular complexity index is 447. The molecule has 0 saturated carbocycles. The number of alkyl halides is 1. The first kappa shape index (κ1) is 9.50. The molecule has 13 heavy (non-hydrogen) atoms. The van der Waals surface area contributed by atoms with E-state index in [1.165, 1.54) is 15.6 Å². The molecule has 2 rings (SSSR count). The third kappa shape index (κ3) is 1.51. The van der Waals surface area contributed by atoms with Crippen LogP contribution in [0.5, 0.6) is 0 Å². The van der Waals surface area contributed by atoms with Gasteiger partial charge in [-0.15, -0.1) is 11.3 Å². The number of benzene rings is 1. The van der Waals surface area contributed by atoms with Gasteiger partial charge < -0.3 is 0 Å².